The molecule has 0 aromatic heterocycles. The lowest BCUT2D eigenvalue weighted by atomic mass is 10.1. The zero-order valence-electron chi connectivity index (χ0n) is 16.7. The van der Waals surface area contributed by atoms with Gasteiger partial charge in [-0.1, -0.05) is 30.3 Å². The van der Waals surface area contributed by atoms with Crippen molar-refractivity contribution in [2.24, 2.45) is 0 Å². The molecule has 0 saturated carbocycles. The average Bonchev–Trinajstić information content (AvgIpc) is 2.64. The quantitative estimate of drug-likeness (QED) is 0.581. The number of hydrogen-bond donors (Lipinski definition) is 0. The molecule has 0 heterocycles. The minimum Gasteiger partial charge on any atom is -0.486 e. The van der Waals surface area contributed by atoms with Crippen LogP contribution in [-0.2, 0) is 4.74 Å². The van der Waals surface area contributed by atoms with Crippen LogP contribution in [0.1, 0.15) is 50.8 Å². The summed E-state index contributed by atoms with van der Waals surface area (Å²) in [5.74, 6) is 0.498. The predicted octanol–water partition coefficient (Wildman–Crippen LogP) is 6.00. The van der Waals surface area contributed by atoms with Crippen LogP contribution in [0.4, 0.5) is 13.6 Å². The van der Waals surface area contributed by atoms with Crippen molar-refractivity contribution in [3.8, 4) is 5.75 Å². The van der Waals surface area contributed by atoms with Gasteiger partial charge in [0.1, 0.15) is 17.5 Å². The monoisotopic (exact) mass is 391 g/mol. The molecule has 2 aromatic carbocycles. The van der Waals surface area contributed by atoms with Gasteiger partial charge in [0.05, 0.1) is 0 Å². The number of alkyl halides is 2. The van der Waals surface area contributed by atoms with Gasteiger partial charge in [0, 0.05) is 25.6 Å². The molecule has 0 saturated heterocycles. The number of halogens is 2. The first-order chi connectivity index (χ1) is 13.2. The zero-order valence-corrected chi connectivity index (χ0v) is 16.7. The third-order valence-corrected chi connectivity index (χ3v) is 4.01. The minimum absolute atomic E-state index is 0.0479. The van der Waals surface area contributed by atoms with Gasteiger partial charge in [0.2, 0.25) is 0 Å². The first-order valence-corrected chi connectivity index (χ1v) is 9.19. The molecule has 28 heavy (non-hydrogen) atoms. The third kappa shape index (κ3) is 6.83. The van der Waals surface area contributed by atoms with Crippen LogP contribution in [0.2, 0.25) is 0 Å². The Hall–Kier alpha value is -2.63. The van der Waals surface area contributed by atoms with Gasteiger partial charge in [0.25, 0.3) is 6.43 Å². The maximum atomic E-state index is 12.7. The van der Waals surface area contributed by atoms with Gasteiger partial charge in [-0.3, -0.25) is 0 Å². The van der Waals surface area contributed by atoms with Gasteiger partial charge in [-0.05, 0) is 50.6 Å². The number of amides is 1. The Kier molecular flexibility index (Phi) is 7.38. The topological polar surface area (TPSA) is 38.8 Å². The summed E-state index contributed by atoms with van der Waals surface area (Å²) in [7, 11) is 1.67. The van der Waals surface area contributed by atoms with Gasteiger partial charge in [0.15, 0.2) is 0 Å². The van der Waals surface area contributed by atoms with Crippen molar-refractivity contribution in [2.75, 3.05) is 13.6 Å². The molecule has 1 atom stereocenters. The lowest BCUT2D eigenvalue weighted by molar-refractivity contribution is 0.0278. The molecule has 0 aliphatic carbocycles. The van der Waals surface area contributed by atoms with E-state index >= 15 is 0 Å². The fourth-order valence-corrected chi connectivity index (χ4v) is 2.56. The van der Waals surface area contributed by atoms with Gasteiger partial charge < -0.3 is 14.4 Å². The van der Waals surface area contributed by atoms with Crippen LogP contribution < -0.4 is 4.74 Å². The van der Waals surface area contributed by atoms with Crippen LogP contribution in [-0.4, -0.2) is 30.2 Å². The maximum Gasteiger partial charge on any atom is 0.410 e. The lowest BCUT2D eigenvalue weighted by Crippen LogP contribution is -2.35. The Morgan fingerprint density at radius 3 is 2.14 bits per heavy atom. The van der Waals surface area contributed by atoms with Crippen molar-refractivity contribution in [1.29, 1.82) is 0 Å². The molecule has 152 valence electrons. The summed E-state index contributed by atoms with van der Waals surface area (Å²) in [6.07, 6.45) is -2.72. The molecule has 0 aliphatic heterocycles. The molecule has 0 fully saturated rings. The number of ether oxygens (including phenoxy) is 2. The number of benzene rings is 2. The van der Waals surface area contributed by atoms with Gasteiger partial charge in [-0.25, -0.2) is 13.6 Å². The summed E-state index contributed by atoms with van der Waals surface area (Å²) in [5.41, 5.74) is 0.332. The van der Waals surface area contributed by atoms with Crippen molar-refractivity contribution in [3.05, 3.63) is 65.7 Å². The molecule has 4 nitrogen and oxygen atoms in total. The van der Waals surface area contributed by atoms with Gasteiger partial charge in [-0.15, -0.1) is 0 Å². The molecule has 1 unspecified atom stereocenters. The van der Waals surface area contributed by atoms with E-state index < -0.39 is 18.1 Å². The fraction of sp³-hybridized carbons (Fsp3) is 0.409. The standard InChI is InChI=1S/C22H27F2NO3/c1-22(2,3)28-21(26)25(4)15-14-19(16-8-6-5-7-9-16)27-18-12-10-17(11-13-18)20(23)24/h5-13,19-20H,14-15H2,1-4H3. The molecule has 0 bridgehead atoms. The second-order valence-electron chi connectivity index (χ2n) is 7.58. The molecule has 2 rings (SSSR count). The number of rotatable bonds is 7. The van der Waals surface area contributed by atoms with Crippen molar-refractivity contribution in [2.45, 2.75) is 45.3 Å². The summed E-state index contributed by atoms with van der Waals surface area (Å²) in [6.45, 7) is 5.87. The highest BCUT2D eigenvalue weighted by Gasteiger charge is 2.21. The van der Waals surface area contributed by atoms with Crippen LogP contribution in [0.5, 0.6) is 5.75 Å². The van der Waals surface area contributed by atoms with Gasteiger partial charge in [-0.2, -0.15) is 0 Å². The number of nitrogens with zero attached hydrogens (tertiary/aromatic N) is 1. The van der Waals surface area contributed by atoms with E-state index in [-0.39, 0.29) is 11.7 Å². The Labute approximate surface area is 165 Å². The lowest BCUT2D eigenvalue weighted by Gasteiger charge is -2.26. The van der Waals surface area contributed by atoms with Crippen LogP contribution in [0.3, 0.4) is 0 Å². The van der Waals surface area contributed by atoms with Crippen molar-refractivity contribution < 1.29 is 23.0 Å². The van der Waals surface area contributed by atoms with E-state index in [9.17, 15) is 13.6 Å². The first-order valence-electron chi connectivity index (χ1n) is 9.19. The largest absolute Gasteiger partial charge is 0.486 e. The van der Waals surface area contributed by atoms with E-state index in [0.717, 1.165) is 5.56 Å². The van der Waals surface area contributed by atoms with Crippen molar-refractivity contribution >= 4 is 6.09 Å². The summed E-state index contributed by atoms with van der Waals surface area (Å²) in [4.78, 5) is 13.7. The van der Waals surface area contributed by atoms with Crippen molar-refractivity contribution in [1.82, 2.24) is 4.90 Å². The number of carbonyl (C=O) groups excluding carboxylic acids is 1. The summed E-state index contributed by atoms with van der Waals surface area (Å²) in [5, 5.41) is 0. The van der Waals surface area contributed by atoms with E-state index in [1.807, 2.05) is 51.1 Å². The second kappa shape index (κ2) is 9.53. The van der Waals surface area contributed by atoms with E-state index in [0.29, 0.717) is 18.7 Å². The SMILES string of the molecule is CN(CCC(Oc1ccc(C(F)F)cc1)c1ccccc1)C(=O)OC(C)(C)C. The molecule has 0 aliphatic rings. The highest BCUT2D eigenvalue weighted by Crippen LogP contribution is 2.27. The molecular weight excluding hydrogens is 364 g/mol. The molecule has 0 spiro atoms. The van der Waals surface area contributed by atoms with Crippen LogP contribution in [0, 0.1) is 0 Å². The molecule has 0 radical (unpaired) electrons. The summed E-state index contributed by atoms with van der Waals surface area (Å²) < 4.78 is 36.9. The van der Waals surface area contributed by atoms with Crippen LogP contribution in [0.25, 0.3) is 0 Å². The van der Waals surface area contributed by atoms with Crippen LogP contribution in [0.15, 0.2) is 54.6 Å². The van der Waals surface area contributed by atoms with Crippen LogP contribution >= 0.6 is 0 Å². The highest BCUT2D eigenvalue weighted by atomic mass is 19.3. The Morgan fingerprint density at radius 2 is 1.61 bits per heavy atom. The van der Waals surface area contributed by atoms with E-state index in [1.54, 1.807) is 7.05 Å². The highest BCUT2D eigenvalue weighted by molar-refractivity contribution is 5.67. The Morgan fingerprint density at radius 1 is 1.00 bits per heavy atom. The summed E-state index contributed by atoms with van der Waals surface area (Å²) >= 11 is 0. The fourth-order valence-electron chi connectivity index (χ4n) is 2.56. The third-order valence-electron chi connectivity index (χ3n) is 4.01. The van der Waals surface area contributed by atoms with E-state index in [4.69, 9.17) is 9.47 Å². The second-order valence-corrected chi connectivity index (χ2v) is 7.58. The first kappa shape index (κ1) is 21.7. The Balaban J connectivity index is 2.07. The smallest absolute Gasteiger partial charge is 0.410 e. The zero-order chi connectivity index (χ0) is 20.7. The molecule has 2 aromatic rings. The molecule has 0 N–H and O–H groups in total. The molecule has 6 heteroatoms. The molecule has 1 amide bonds. The Bertz CT molecular complexity index is 743. The predicted molar refractivity (Wildman–Crippen MR) is 105 cm³/mol. The molecular formula is C22H27F2NO3. The van der Waals surface area contributed by atoms with Gasteiger partial charge >= 0.3 is 6.09 Å². The van der Waals surface area contributed by atoms with E-state index in [1.165, 1.54) is 29.2 Å². The summed E-state index contributed by atoms with van der Waals surface area (Å²) in [6, 6.07) is 15.4. The van der Waals surface area contributed by atoms with Crippen molar-refractivity contribution in [3.63, 3.8) is 0 Å². The normalized spacial score (nSPS) is 12.5. The minimum atomic E-state index is -2.51. The maximum absolute atomic E-state index is 12.7. The number of hydrogen-bond acceptors (Lipinski definition) is 3. The van der Waals surface area contributed by atoms with E-state index in [2.05, 4.69) is 0 Å². The number of carbonyl (C=O) groups is 1. The average molecular weight is 391 g/mol.